The van der Waals surface area contributed by atoms with Gasteiger partial charge in [-0.1, -0.05) is 6.92 Å². The number of halogens is 1. The number of hydrogen-bond donors (Lipinski definition) is 1. The standard InChI is InChI=1S/C9H13ClN4/c1-2-14-5-7(6-14)12-8-3-4-11-9(10)13-8/h3-4,7H,2,5-6H2,1H3,(H,11,12,13). The Morgan fingerprint density at radius 3 is 3.07 bits per heavy atom. The number of rotatable bonds is 3. The summed E-state index contributed by atoms with van der Waals surface area (Å²) in [5.41, 5.74) is 0. The summed E-state index contributed by atoms with van der Waals surface area (Å²) < 4.78 is 0. The normalized spacial score (nSPS) is 17.9. The second-order valence-electron chi connectivity index (χ2n) is 3.40. The van der Waals surface area contributed by atoms with Crippen LogP contribution in [-0.4, -0.2) is 40.5 Å². The fourth-order valence-electron chi connectivity index (χ4n) is 1.54. The van der Waals surface area contributed by atoms with Crippen molar-refractivity contribution in [1.29, 1.82) is 0 Å². The van der Waals surface area contributed by atoms with Crippen LogP contribution in [0.2, 0.25) is 5.28 Å². The third-order valence-electron chi connectivity index (χ3n) is 2.38. The van der Waals surface area contributed by atoms with E-state index in [-0.39, 0.29) is 0 Å². The van der Waals surface area contributed by atoms with Crippen molar-refractivity contribution >= 4 is 17.4 Å². The first-order valence-corrected chi connectivity index (χ1v) is 5.13. The van der Waals surface area contributed by atoms with E-state index < -0.39 is 0 Å². The minimum atomic E-state index is 0.293. The molecule has 1 aromatic heterocycles. The lowest BCUT2D eigenvalue weighted by atomic mass is 10.1. The van der Waals surface area contributed by atoms with Crippen molar-refractivity contribution in [3.05, 3.63) is 17.5 Å². The zero-order valence-electron chi connectivity index (χ0n) is 8.07. The van der Waals surface area contributed by atoms with Crippen LogP contribution in [-0.2, 0) is 0 Å². The maximum Gasteiger partial charge on any atom is 0.224 e. The summed E-state index contributed by atoms with van der Waals surface area (Å²) in [6, 6.07) is 2.33. The maximum atomic E-state index is 5.67. The van der Waals surface area contributed by atoms with Gasteiger partial charge in [0.1, 0.15) is 5.82 Å². The number of nitrogens with zero attached hydrogens (tertiary/aromatic N) is 3. The Morgan fingerprint density at radius 1 is 1.64 bits per heavy atom. The van der Waals surface area contributed by atoms with E-state index in [9.17, 15) is 0 Å². The van der Waals surface area contributed by atoms with Gasteiger partial charge < -0.3 is 5.32 Å². The second kappa shape index (κ2) is 4.11. The molecule has 2 heterocycles. The van der Waals surface area contributed by atoms with Gasteiger partial charge in [-0.25, -0.2) is 9.97 Å². The Balaban J connectivity index is 1.87. The SMILES string of the molecule is CCN1CC(Nc2ccnc(Cl)n2)C1. The van der Waals surface area contributed by atoms with Gasteiger partial charge in [0, 0.05) is 19.3 Å². The highest BCUT2D eigenvalue weighted by Gasteiger charge is 2.24. The van der Waals surface area contributed by atoms with Crippen molar-refractivity contribution in [1.82, 2.24) is 14.9 Å². The van der Waals surface area contributed by atoms with Crippen LogP contribution in [0.5, 0.6) is 0 Å². The lowest BCUT2D eigenvalue weighted by Gasteiger charge is -2.39. The fourth-order valence-corrected chi connectivity index (χ4v) is 1.69. The van der Waals surface area contributed by atoms with Gasteiger partial charge in [-0.05, 0) is 24.2 Å². The second-order valence-corrected chi connectivity index (χ2v) is 3.74. The van der Waals surface area contributed by atoms with Crippen LogP contribution in [0.1, 0.15) is 6.92 Å². The molecule has 1 aliphatic heterocycles. The van der Waals surface area contributed by atoms with Crippen LogP contribution in [0.3, 0.4) is 0 Å². The smallest absolute Gasteiger partial charge is 0.224 e. The quantitative estimate of drug-likeness (QED) is 0.766. The zero-order chi connectivity index (χ0) is 9.97. The molecule has 4 nitrogen and oxygen atoms in total. The van der Waals surface area contributed by atoms with E-state index in [1.54, 1.807) is 6.20 Å². The molecule has 14 heavy (non-hydrogen) atoms. The first-order valence-electron chi connectivity index (χ1n) is 4.75. The number of aromatic nitrogens is 2. The van der Waals surface area contributed by atoms with Gasteiger partial charge >= 0.3 is 0 Å². The molecule has 0 radical (unpaired) electrons. The van der Waals surface area contributed by atoms with Crippen LogP contribution in [0.4, 0.5) is 5.82 Å². The summed E-state index contributed by atoms with van der Waals surface area (Å²) in [5, 5.41) is 3.60. The molecule has 2 rings (SSSR count). The fraction of sp³-hybridized carbons (Fsp3) is 0.556. The van der Waals surface area contributed by atoms with Crippen LogP contribution in [0.25, 0.3) is 0 Å². The first kappa shape index (κ1) is 9.68. The van der Waals surface area contributed by atoms with E-state index in [0.717, 1.165) is 25.5 Å². The third kappa shape index (κ3) is 2.13. The van der Waals surface area contributed by atoms with E-state index in [0.29, 0.717) is 11.3 Å². The molecule has 5 heteroatoms. The van der Waals surface area contributed by atoms with Crippen molar-refractivity contribution < 1.29 is 0 Å². The van der Waals surface area contributed by atoms with Crippen molar-refractivity contribution in [3.63, 3.8) is 0 Å². The molecule has 0 bridgehead atoms. The van der Waals surface area contributed by atoms with Crippen LogP contribution in [0.15, 0.2) is 12.3 Å². The van der Waals surface area contributed by atoms with Crippen molar-refractivity contribution in [2.75, 3.05) is 25.0 Å². The third-order valence-corrected chi connectivity index (χ3v) is 2.56. The molecule has 76 valence electrons. The highest BCUT2D eigenvalue weighted by molar-refractivity contribution is 6.28. The predicted molar refractivity (Wildman–Crippen MR) is 56.6 cm³/mol. The Hall–Kier alpha value is -0.870. The molecule has 1 N–H and O–H groups in total. The predicted octanol–water partition coefficient (Wildman–Crippen LogP) is 1.25. The number of hydrogen-bond acceptors (Lipinski definition) is 4. The molecule has 0 unspecified atom stereocenters. The molecule has 1 fully saturated rings. The van der Waals surface area contributed by atoms with Gasteiger partial charge in [0.15, 0.2) is 0 Å². The van der Waals surface area contributed by atoms with E-state index >= 15 is 0 Å². The Kier molecular flexibility index (Phi) is 2.84. The molecule has 1 aromatic rings. The highest BCUT2D eigenvalue weighted by Crippen LogP contribution is 2.13. The molecular weight excluding hydrogens is 200 g/mol. The molecule has 0 spiro atoms. The first-order chi connectivity index (χ1) is 6.78. The van der Waals surface area contributed by atoms with Crippen molar-refractivity contribution in [2.45, 2.75) is 13.0 Å². The summed E-state index contributed by atoms with van der Waals surface area (Å²) in [6.07, 6.45) is 1.66. The zero-order valence-corrected chi connectivity index (χ0v) is 8.83. The van der Waals surface area contributed by atoms with E-state index in [1.165, 1.54) is 0 Å². The number of likely N-dealkylation sites (tertiary alicyclic amines) is 1. The lowest BCUT2D eigenvalue weighted by Crippen LogP contribution is -2.54. The van der Waals surface area contributed by atoms with Crippen LogP contribution in [0, 0.1) is 0 Å². The monoisotopic (exact) mass is 212 g/mol. The average molecular weight is 213 g/mol. The summed E-state index contributed by atoms with van der Waals surface area (Å²) in [7, 11) is 0. The molecule has 0 saturated carbocycles. The summed E-state index contributed by atoms with van der Waals surface area (Å²) in [5.74, 6) is 0.811. The topological polar surface area (TPSA) is 41.0 Å². The van der Waals surface area contributed by atoms with Crippen LogP contribution < -0.4 is 5.32 Å². The minimum Gasteiger partial charge on any atom is -0.365 e. The Labute approximate surface area is 88.3 Å². The average Bonchev–Trinajstić information content (AvgIpc) is 2.10. The minimum absolute atomic E-state index is 0.293. The van der Waals surface area contributed by atoms with E-state index in [4.69, 9.17) is 11.6 Å². The molecule has 0 aromatic carbocycles. The summed E-state index contributed by atoms with van der Waals surface area (Å²) >= 11 is 5.67. The van der Waals surface area contributed by atoms with Crippen molar-refractivity contribution in [2.24, 2.45) is 0 Å². The Morgan fingerprint density at radius 2 is 2.43 bits per heavy atom. The largest absolute Gasteiger partial charge is 0.365 e. The van der Waals surface area contributed by atoms with Gasteiger partial charge in [0.2, 0.25) is 5.28 Å². The molecule has 0 atom stereocenters. The molecule has 0 amide bonds. The molecule has 1 saturated heterocycles. The van der Waals surface area contributed by atoms with Gasteiger partial charge in [-0.3, -0.25) is 4.90 Å². The maximum absolute atomic E-state index is 5.67. The van der Waals surface area contributed by atoms with Crippen molar-refractivity contribution in [3.8, 4) is 0 Å². The van der Waals surface area contributed by atoms with E-state index in [2.05, 4.69) is 27.1 Å². The highest BCUT2D eigenvalue weighted by atomic mass is 35.5. The molecule has 0 aliphatic carbocycles. The number of nitrogens with one attached hydrogen (secondary N) is 1. The lowest BCUT2D eigenvalue weighted by molar-refractivity contribution is 0.171. The van der Waals surface area contributed by atoms with Gasteiger partial charge in [0.25, 0.3) is 0 Å². The number of anilines is 1. The molecule has 1 aliphatic rings. The number of likely N-dealkylation sites (N-methyl/N-ethyl adjacent to an activating group) is 1. The molecular formula is C9H13ClN4. The summed E-state index contributed by atoms with van der Waals surface area (Å²) in [4.78, 5) is 10.3. The van der Waals surface area contributed by atoms with E-state index in [1.807, 2.05) is 6.07 Å². The van der Waals surface area contributed by atoms with Gasteiger partial charge in [-0.2, -0.15) is 0 Å². The summed E-state index contributed by atoms with van der Waals surface area (Å²) in [6.45, 7) is 5.44. The van der Waals surface area contributed by atoms with Crippen LogP contribution >= 0.6 is 11.6 Å². The van der Waals surface area contributed by atoms with Gasteiger partial charge in [0.05, 0.1) is 6.04 Å². The van der Waals surface area contributed by atoms with Gasteiger partial charge in [-0.15, -0.1) is 0 Å². The Bertz CT molecular complexity index is 311.